The number of aromatic nitrogens is 1. The van der Waals surface area contributed by atoms with Crippen LogP contribution < -0.4 is 9.47 Å². The quantitative estimate of drug-likeness (QED) is 0.405. The van der Waals surface area contributed by atoms with Gasteiger partial charge in [-0.3, -0.25) is 4.79 Å². The van der Waals surface area contributed by atoms with Crippen LogP contribution in [-0.2, 0) is 22.4 Å². The highest BCUT2D eigenvalue weighted by atomic mass is 16.5. The van der Waals surface area contributed by atoms with Crippen molar-refractivity contribution in [2.45, 2.75) is 53.6 Å². The van der Waals surface area contributed by atoms with Gasteiger partial charge in [0, 0.05) is 29.8 Å². The highest BCUT2D eigenvalue weighted by molar-refractivity contribution is 6.13. The molecule has 1 N–H and O–H groups in total. The second kappa shape index (κ2) is 8.82. The average Bonchev–Trinajstić information content (AvgIpc) is 3.05. The number of ether oxygens (including phenoxy) is 3. The fourth-order valence-electron chi connectivity index (χ4n) is 4.07. The molecule has 0 amide bonds. The van der Waals surface area contributed by atoms with E-state index >= 15 is 0 Å². The van der Waals surface area contributed by atoms with Crippen LogP contribution in [0.15, 0.2) is 29.8 Å². The number of benzene rings is 2. The summed E-state index contributed by atoms with van der Waals surface area (Å²) in [7, 11) is 3.33. The Bertz CT molecular complexity index is 1120. The zero-order chi connectivity index (χ0) is 22.0. The van der Waals surface area contributed by atoms with Crippen molar-refractivity contribution in [2.24, 2.45) is 0 Å². The maximum atomic E-state index is 11.4. The van der Waals surface area contributed by atoms with Gasteiger partial charge in [0.1, 0.15) is 6.10 Å². The van der Waals surface area contributed by atoms with Gasteiger partial charge < -0.3 is 19.2 Å². The van der Waals surface area contributed by atoms with Gasteiger partial charge in [-0.2, -0.15) is 0 Å². The number of aromatic amines is 1. The van der Waals surface area contributed by atoms with Gasteiger partial charge in [0.15, 0.2) is 11.5 Å². The van der Waals surface area contributed by atoms with E-state index in [4.69, 9.17) is 14.2 Å². The van der Waals surface area contributed by atoms with Crippen molar-refractivity contribution < 1.29 is 19.0 Å². The average molecular weight is 410 g/mol. The Balaban J connectivity index is 2.28. The van der Waals surface area contributed by atoms with Gasteiger partial charge in [-0.1, -0.05) is 17.7 Å². The first-order valence-corrected chi connectivity index (χ1v) is 10.2. The molecule has 0 aliphatic heterocycles. The van der Waals surface area contributed by atoms with E-state index in [1.54, 1.807) is 14.2 Å². The molecule has 5 nitrogen and oxygen atoms in total. The van der Waals surface area contributed by atoms with Gasteiger partial charge in [0.25, 0.3) is 0 Å². The molecule has 0 aliphatic rings. The molecule has 5 heteroatoms. The first-order chi connectivity index (χ1) is 14.3. The second-order valence-electron chi connectivity index (χ2n) is 8.03. The number of H-pyrrole nitrogens is 1. The highest BCUT2D eigenvalue weighted by Gasteiger charge is 2.23. The molecule has 3 aromatic rings. The predicted octanol–water partition coefficient (Wildman–Crippen LogP) is 5.65. The van der Waals surface area contributed by atoms with Crippen molar-refractivity contribution >= 4 is 27.8 Å². The minimum absolute atomic E-state index is 0.248. The minimum Gasteiger partial charge on any atom is -0.493 e. The van der Waals surface area contributed by atoms with Crippen molar-refractivity contribution in [3.63, 3.8) is 0 Å². The van der Waals surface area contributed by atoms with Crippen molar-refractivity contribution in [2.75, 3.05) is 14.2 Å². The first-order valence-electron chi connectivity index (χ1n) is 10.2. The van der Waals surface area contributed by atoms with Crippen molar-refractivity contribution in [3.05, 3.63) is 46.5 Å². The molecule has 0 saturated heterocycles. The third kappa shape index (κ3) is 4.16. The summed E-state index contributed by atoms with van der Waals surface area (Å²) in [4.78, 5) is 15.0. The summed E-state index contributed by atoms with van der Waals surface area (Å²) in [5.41, 5.74) is 6.62. The van der Waals surface area contributed by atoms with Gasteiger partial charge >= 0.3 is 5.97 Å². The monoisotopic (exact) mass is 409 g/mol. The summed E-state index contributed by atoms with van der Waals surface area (Å²) in [6, 6.07) is 6.48. The van der Waals surface area contributed by atoms with Crippen molar-refractivity contribution in [1.82, 2.24) is 4.98 Å². The lowest BCUT2D eigenvalue weighted by Crippen LogP contribution is -2.16. The van der Waals surface area contributed by atoms with Crippen molar-refractivity contribution in [3.8, 4) is 11.5 Å². The lowest BCUT2D eigenvalue weighted by Gasteiger charge is -2.19. The molecule has 0 spiro atoms. The number of nitrogens with one attached hydrogen (secondary N) is 1. The Morgan fingerprint density at radius 1 is 1.13 bits per heavy atom. The normalized spacial score (nSPS) is 12.1. The predicted molar refractivity (Wildman–Crippen MR) is 122 cm³/mol. The number of hydrogen-bond donors (Lipinski definition) is 1. The Labute approximate surface area is 178 Å². The maximum Gasteiger partial charge on any atom is 0.302 e. The van der Waals surface area contributed by atoms with Crippen LogP contribution >= 0.6 is 0 Å². The summed E-state index contributed by atoms with van der Waals surface area (Å²) in [6.45, 7) is 9.57. The van der Waals surface area contributed by atoms with Gasteiger partial charge in [-0.15, -0.1) is 0 Å². The molecule has 0 fully saturated rings. The van der Waals surface area contributed by atoms with Gasteiger partial charge in [-0.25, -0.2) is 0 Å². The number of rotatable bonds is 7. The Kier molecular flexibility index (Phi) is 6.40. The van der Waals surface area contributed by atoms with E-state index in [0.717, 1.165) is 45.1 Å². The molecule has 1 unspecified atom stereocenters. The van der Waals surface area contributed by atoms with Gasteiger partial charge in [-0.05, 0) is 57.4 Å². The number of hydrogen-bond acceptors (Lipinski definition) is 4. The zero-order valence-corrected chi connectivity index (χ0v) is 18.9. The van der Waals surface area contributed by atoms with Crippen LogP contribution in [0.1, 0.15) is 44.4 Å². The summed E-state index contributed by atoms with van der Waals surface area (Å²) in [5.74, 6) is 1.16. The van der Waals surface area contributed by atoms with Crippen LogP contribution in [0.5, 0.6) is 11.5 Å². The maximum absolute atomic E-state index is 11.4. The number of allylic oxidation sites excluding steroid dienone is 2. The Morgan fingerprint density at radius 3 is 2.43 bits per heavy atom. The second-order valence-corrected chi connectivity index (χ2v) is 8.03. The fraction of sp³-hybridized carbons (Fsp3) is 0.400. The van der Waals surface area contributed by atoms with E-state index in [1.807, 2.05) is 13.8 Å². The summed E-state index contributed by atoms with van der Waals surface area (Å²) < 4.78 is 17.0. The standard InChI is InChI=1S/C25H31NO4/c1-14(2)8-9-18-10-11-21-20(13-18)22-23(26-21)19(12-15(3)30-17(5)27)16(4)24(28-6)25(22)29-7/h8,10-11,13,15,26H,9,12H2,1-7H3. The van der Waals surface area contributed by atoms with E-state index < -0.39 is 0 Å². The molecule has 1 aromatic heterocycles. The summed E-state index contributed by atoms with van der Waals surface area (Å²) in [5, 5.41) is 2.10. The first kappa shape index (κ1) is 21.8. The smallest absolute Gasteiger partial charge is 0.302 e. The SMILES string of the molecule is COc1c(C)c(CC(C)OC(C)=O)c2[nH]c3ccc(CC=C(C)C)cc3c2c1OC. The molecule has 0 aliphatic carbocycles. The van der Waals surface area contributed by atoms with E-state index in [-0.39, 0.29) is 12.1 Å². The Morgan fingerprint density at radius 2 is 1.83 bits per heavy atom. The lowest BCUT2D eigenvalue weighted by atomic mass is 9.96. The number of carbonyl (C=O) groups is 1. The van der Waals surface area contributed by atoms with E-state index in [0.29, 0.717) is 12.2 Å². The van der Waals surface area contributed by atoms with E-state index in [2.05, 4.69) is 43.1 Å². The molecule has 0 radical (unpaired) electrons. The molecule has 3 rings (SSSR count). The van der Waals surface area contributed by atoms with Crippen LogP contribution in [0.2, 0.25) is 0 Å². The van der Waals surface area contributed by atoms with Crippen LogP contribution in [0.25, 0.3) is 21.8 Å². The molecule has 0 bridgehead atoms. The number of fused-ring (bicyclic) bond motifs is 3. The third-order valence-corrected chi connectivity index (χ3v) is 5.40. The number of carbonyl (C=O) groups excluding carboxylic acids is 1. The topological polar surface area (TPSA) is 60.5 Å². The lowest BCUT2D eigenvalue weighted by molar-refractivity contribution is -0.145. The van der Waals surface area contributed by atoms with Crippen LogP contribution in [-0.4, -0.2) is 31.3 Å². The van der Waals surface area contributed by atoms with Gasteiger partial charge in [0.2, 0.25) is 0 Å². The van der Waals surface area contributed by atoms with E-state index in [9.17, 15) is 4.79 Å². The third-order valence-electron chi connectivity index (χ3n) is 5.40. The molecular weight excluding hydrogens is 378 g/mol. The van der Waals surface area contributed by atoms with E-state index in [1.165, 1.54) is 18.1 Å². The molecule has 2 aromatic carbocycles. The van der Waals surface area contributed by atoms with Crippen LogP contribution in [0, 0.1) is 6.92 Å². The van der Waals surface area contributed by atoms with Crippen molar-refractivity contribution in [1.29, 1.82) is 0 Å². The molecular formula is C25H31NO4. The Hall–Kier alpha value is -2.95. The van der Waals surface area contributed by atoms with Crippen LogP contribution in [0.4, 0.5) is 0 Å². The van der Waals surface area contributed by atoms with Crippen LogP contribution in [0.3, 0.4) is 0 Å². The molecule has 160 valence electrons. The molecule has 1 atom stereocenters. The van der Waals surface area contributed by atoms with Gasteiger partial charge in [0.05, 0.1) is 25.1 Å². The fourth-order valence-corrected chi connectivity index (χ4v) is 4.07. The largest absolute Gasteiger partial charge is 0.493 e. The zero-order valence-electron chi connectivity index (χ0n) is 18.9. The number of esters is 1. The number of methoxy groups -OCH3 is 2. The highest BCUT2D eigenvalue weighted by Crippen LogP contribution is 2.45. The summed E-state index contributed by atoms with van der Waals surface area (Å²) in [6.07, 6.45) is 3.44. The summed E-state index contributed by atoms with van der Waals surface area (Å²) >= 11 is 0. The minimum atomic E-state index is -0.280. The molecule has 30 heavy (non-hydrogen) atoms. The molecule has 1 heterocycles. The molecule has 0 saturated carbocycles.